The van der Waals surface area contributed by atoms with E-state index in [1.807, 2.05) is 0 Å². The van der Waals surface area contributed by atoms with Crippen LogP contribution in [0.15, 0.2) is 23.3 Å². The van der Waals surface area contributed by atoms with Gasteiger partial charge in [-0.25, -0.2) is 4.39 Å². The number of nitrogens with zero attached hydrogens (tertiary/aromatic N) is 1. The molecule has 8 heteroatoms. The number of benzene rings is 1. The zero-order valence-electron chi connectivity index (χ0n) is 8.36. The molecule has 1 aromatic rings. The standard InChI is InChI=1S/C9H8F3N3OS/c10-6-1-2-7(16-8(11)12)5(3-6)4-14-15-9(13)17/h1-4,8H,(H3,13,15,17). The second-order valence-corrected chi connectivity index (χ2v) is 3.23. The van der Waals surface area contributed by atoms with E-state index in [0.29, 0.717) is 0 Å². The second kappa shape index (κ2) is 6.04. The first kappa shape index (κ1) is 13.2. The number of halogens is 3. The first-order valence-corrected chi connectivity index (χ1v) is 4.72. The molecule has 17 heavy (non-hydrogen) atoms. The van der Waals surface area contributed by atoms with Crippen LogP contribution in [-0.2, 0) is 0 Å². The highest BCUT2D eigenvalue weighted by Gasteiger charge is 2.09. The molecule has 0 saturated heterocycles. The van der Waals surface area contributed by atoms with Gasteiger partial charge in [0.05, 0.1) is 6.21 Å². The minimum atomic E-state index is -3.00. The summed E-state index contributed by atoms with van der Waals surface area (Å²) in [4.78, 5) is 0. The predicted octanol–water partition coefficient (Wildman–Crippen LogP) is 1.59. The molecule has 1 rings (SSSR count). The number of ether oxygens (including phenoxy) is 1. The summed E-state index contributed by atoms with van der Waals surface area (Å²) in [7, 11) is 0. The maximum atomic E-state index is 12.9. The fourth-order valence-electron chi connectivity index (χ4n) is 0.989. The monoisotopic (exact) mass is 263 g/mol. The Hall–Kier alpha value is -1.83. The van der Waals surface area contributed by atoms with Crippen molar-refractivity contribution in [2.45, 2.75) is 6.61 Å². The summed E-state index contributed by atoms with van der Waals surface area (Å²) in [6.07, 6.45) is 1.07. The normalized spacial score (nSPS) is 10.8. The van der Waals surface area contributed by atoms with Crippen LogP contribution in [0.1, 0.15) is 5.56 Å². The van der Waals surface area contributed by atoms with Gasteiger partial charge in [0.2, 0.25) is 0 Å². The molecule has 0 unspecified atom stereocenters. The summed E-state index contributed by atoms with van der Waals surface area (Å²) in [5.74, 6) is -0.807. The summed E-state index contributed by atoms with van der Waals surface area (Å²) in [6.45, 7) is -3.00. The molecule has 0 spiro atoms. The van der Waals surface area contributed by atoms with E-state index in [-0.39, 0.29) is 16.4 Å². The molecular weight excluding hydrogens is 255 g/mol. The largest absolute Gasteiger partial charge is 0.434 e. The maximum Gasteiger partial charge on any atom is 0.387 e. The molecule has 0 atom stereocenters. The van der Waals surface area contributed by atoms with Crippen LogP contribution in [0.3, 0.4) is 0 Å². The van der Waals surface area contributed by atoms with Crippen molar-refractivity contribution in [1.29, 1.82) is 0 Å². The van der Waals surface area contributed by atoms with Crippen LogP contribution in [0.5, 0.6) is 5.75 Å². The smallest absolute Gasteiger partial charge is 0.387 e. The Morgan fingerprint density at radius 3 is 2.82 bits per heavy atom. The highest BCUT2D eigenvalue weighted by atomic mass is 32.1. The van der Waals surface area contributed by atoms with E-state index in [0.717, 1.165) is 24.4 Å². The van der Waals surface area contributed by atoms with Gasteiger partial charge in [-0.2, -0.15) is 13.9 Å². The molecule has 0 heterocycles. The fraction of sp³-hybridized carbons (Fsp3) is 0.111. The first-order chi connectivity index (χ1) is 7.99. The van der Waals surface area contributed by atoms with Crippen LogP contribution >= 0.6 is 12.2 Å². The van der Waals surface area contributed by atoms with Crippen LogP contribution < -0.4 is 15.9 Å². The van der Waals surface area contributed by atoms with Crippen LogP contribution in [0.2, 0.25) is 0 Å². The Bertz CT molecular complexity index is 439. The van der Waals surface area contributed by atoms with Gasteiger partial charge in [0.25, 0.3) is 0 Å². The van der Waals surface area contributed by atoms with Gasteiger partial charge in [-0.3, -0.25) is 5.43 Å². The Morgan fingerprint density at radius 2 is 2.24 bits per heavy atom. The summed E-state index contributed by atoms with van der Waals surface area (Å²) < 4.78 is 41.1. The summed E-state index contributed by atoms with van der Waals surface area (Å²) in [5, 5.41) is 3.41. The number of thiocarbonyl (C=S) groups is 1. The number of nitrogens with one attached hydrogen (secondary N) is 1. The Kier molecular flexibility index (Phi) is 4.70. The lowest BCUT2D eigenvalue weighted by atomic mass is 10.2. The third-order valence-corrected chi connectivity index (χ3v) is 1.66. The van der Waals surface area contributed by atoms with Crippen molar-refractivity contribution in [2.75, 3.05) is 0 Å². The summed E-state index contributed by atoms with van der Waals surface area (Å²) >= 11 is 4.47. The number of hydrogen-bond acceptors (Lipinski definition) is 3. The van der Waals surface area contributed by atoms with Gasteiger partial charge in [0, 0.05) is 5.56 Å². The summed E-state index contributed by atoms with van der Waals surface area (Å²) in [5.41, 5.74) is 7.33. The molecule has 1 aromatic carbocycles. The van der Waals surface area contributed by atoms with Gasteiger partial charge in [-0.05, 0) is 30.4 Å². The highest BCUT2D eigenvalue weighted by Crippen LogP contribution is 2.19. The predicted molar refractivity (Wildman–Crippen MR) is 60.5 cm³/mol. The highest BCUT2D eigenvalue weighted by molar-refractivity contribution is 7.80. The van der Waals surface area contributed by atoms with Crippen molar-refractivity contribution in [1.82, 2.24) is 5.43 Å². The zero-order valence-corrected chi connectivity index (χ0v) is 9.18. The molecule has 0 radical (unpaired) electrons. The molecule has 0 fully saturated rings. The lowest BCUT2D eigenvalue weighted by Crippen LogP contribution is -2.24. The van der Waals surface area contributed by atoms with E-state index in [2.05, 4.69) is 27.5 Å². The van der Waals surface area contributed by atoms with E-state index in [4.69, 9.17) is 5.73 Å². The van der Waals surface area contributed by atoms with E-state index in [1.165, 1.54) is 0 Å². The molecule has 0 amide bonds. The minimum absolute atomic E-state index is 0.0362. The van der Waals surface area contributed by atoms with Crippen molar-refractivity contribution < 1.29 is 17.9 Å². The molecular formula is C9H8F3N3OS. The lowest BCUT2D eigenvalue weighted by molar-refractivity contribution is -0.0499. The molecule has 0 bridgehead atoms. The van der Waals surface area contributed by atoms with Crippen LogP contribution in [0.4, 0.5) is 13.2 Å². The average Bonchev–Trinajstić information content (AvgIpc) is 2.21. The molecule has 4 nitrogen and oxygen atoms in total. The molecule has 3 N–H and O–H groups in total. The Balaban J connectivity index is 2.90. The van der Waals surface area contributed by atoms with Gasteiger partial charge in [0.15, 0.2) is 5.11 Å². The van der Waals surface area contributed by atoms with Crippen LogP contribution in [0.25, 0.3) is 0 Å². The van der Waals surface area contributed by atoms with E-state index < -0.39 is 12.4 Å². The number of rotatable bonds is 4. The average molecular weight is 263 g/mol. The lowest BCUT2D eigenvalue weighted by Gasteiger charge is -2.07. The molecule has 0 aromatic heterocycles. The zero-order chi connectivity index (χ0) is 12.8. The van der Waals surface area contributed by atoms with Gasteiger partial charge < -0.3 is 10.5 Å². The third kappa shape index (κ3) is 4.68. The Labute approximate surface area is 100 Å². The van der Waals surface area contributed by atoms with E-state index >= 15 is 0 Å². The van der Waals surface area contributed by atoms with Crippen molar-refractivity contribution in [3.8, 4) is 5.75 Å². The fourth-order valence-corrected chi connectivity index (χ4v) is 1.04. The van der Waals surface area contributed by atoms with E-state index in [1.54, 1.807) is 0 Å². The minimum Gasteiger partial charge on any atom is -0.434 e. The number of hydrogen-bond donors (Lipinski definition) is 2. The molecule has 0 aliphatic rings. The second-order valence-electron chi connectivity index (χ2n) is 2.79. The molecule has 0 aliphatic heterocycles. The molecule has 0 saturated carbocycles. The quantitative estimate of drug-likeness (QED) is 0.492. The van der Waals surface area contributed by atoms with Gasteiger partial charge >= 0.3 is 6.61 Å². The van der Waals surface area contributed by atoms with Gasteiger partial charge in [0.1, 0.15) is 11.6 Å². The van der Waals surface area contributed by atoms with Crippen LogP contribution in [0, 0.1) is 5.82 Å². The number of nitrogens with two attached hydrogens (primary N) is 1. The SMILES string of the molecule is NC(=S)NN=Cc1cc(F)ccc1OC(F)F. The van der Waals surface area contributed by atoms with Crippen molar-refractivity contribution in [3.05, 3.63) is 29.6 Å². The van der Waals surface area contributed by atoms with Crippen molar-refractivity contribution in [2.24, 2.45) is 10.8 Å². The maximum absolute atomic E-state index is 12.9. The van der Waals surface area contributed by atoms with Crippen molar-refractivity contribution >= 4 is 23.5 Å². The number of hydrazone groups is 1. The van der Waals surface area contributed by atoms with Crippen molar-refractivity contribution in [3.63, 3.8) is 0 Å². The van der Waals surface area contributed by atoms with Gasteiger partial charge in [-0.15, -0.1) is 0 Å². The molecule has 92 valence electrons. The topological polar surface area (TPSA) is 59.6 Å². The third-order valence-electron chi connectivity index (χ3n) is 1.57. The van der Waals surface area contributed by atoms with Crippen LogP contribution in [-0.4, -0.2) is 17.9 Å². The summed E-state index contributed by atoms with van der Waals surface area (Å²) in [6, 6.07) is 3.06. The van der Waals surface area contributed by atoms with Gasteiger partial charge in [-0.1, -0.05) is 0 Å². The molecule has 0 aliphatic carbocycles. The first-order valence-electron chi connectivity index (χ1n) is 4.32. The Morgan fingerprint density at radius 1 is 1.53 bits per heavy atom. The number of alkyl halides is 2. The van der Waals surface area contributed by atoms with E-state index in [9.17, 15) is 13.2 Å².